The SMILES string of the molecule is CCCC1CNC(C)(C)CN1Cc1sccc1Br. The van der Waals surface area contributed by atoms with Crippen molar-refractivity contribution in [2.45, 2.75) is 51.7 Å². The van der Waals surface area contributed by atoms with Gasteiger partial charge in [0.15, 0.2) is 0 Å². The predicted molar refractivity (Wildman–Crippen MR) is 83.2 cm³/mol. The maximum Gasteiger partial charge on any atom is 0.0343 e. The highest BCUT2D eigenvalue weighted by Gasteiger charge is 2.32. The van der Waals surface area contributed by atoms with E-state index in [0.717, 1.165) is 19.6 Å². The lowest BCUT2D eigenvalue weighted by Crippen LogP contribution is -2.61. The van der Waals surface area contributed by atoms with Crippen LogP contribution < -0.4 is 5.32 Å². The van der Waals surface area contributed by atoms with Crippen molar-refractivity contribution < 1.29 is 0 Å². The third-order valence-electron chi connectivity index (χ3n) is 3.59. The normalized spacial score (nSPS) is 24.3. The van der Waals surface area contributed by atoms with E-state index in [1.807, 2.05) is 11.3 Å². The van der Waals surface area contributed by atoms with Crippen LogP contribution in [0.1, 0.15) is 38.5 Å². The zero-order valence-corrected chi connectivity index (χ0v) is 13.9. The zero-order chi connectivity index (χ0) is 13.2. The van der Waals surface area contributed by atoms with Crippen LogP contribution in [0.25, 0.3) is 0 Å². The molecule has 0 bridgehead atoms. The number of hydrogen-bond acceptors (Lipinski definition) is 3. The van der Waals surface area contributed by atoms with Gasteiger partial charge in [-0.1, -0.05) is 13.3 Å². The van der Waals surface area contributed by atoms with Gasteiger partial charge in [0.1, 0.15) is 0 Å². The van der Waals surface area contributed by atoms with E-state index in [4.69, 9.17) is 0 Å². The van der Waals surface area contributed by atoms with Gasteiger partial charge in [0, 0.05) is 40.6 Å². The van der Waals surface area contributed by atoms with Gasteiger partial charge in [-0.2, -0.15) is 0 Å². The number of halogens is 1. The van der Waals surface area contributed by atoms with E-state index in [0.29, 0.717) is 6.04 Å². The van der Waals surface area contributed by atoms with E-state index in [9.17, 15) is 0 Å². The Morgan fingerprint density at radius 2 is 2.33 bits per heavy atom. The highest BCUT2D eigenvalue weighted by molar-refractivity contribution is 9.10. The number of hydrogen-bond donors (Lipinski definition) is 1. The number of nitrogens with one attached hydrogen (secondary N) is 1. The van der Waals surface area contributed by atoms with E-state index >= 15 is 0 Å². The van der Waals surface area contributed by atoms with Crippen molar-refractivity contribution in [3.8, 4) is 0 Å². The van der Waals surface area contributed by atoms with E-state index in [1.165, 1.54) is 22.2 Å². The predicted octanol–water partition coefficient (Wildman–Crippen LogP) is 3.86. The lowest BCUT2D eigenvalue weighted by atomic mass is 9.96. The first-order chi connectivity index (χ1) is 8.52. The molecule has 2 rings (SSSR count). The second-order valence-corrected chi connectivity index (χ2v) is 7.66. The molecule has 1 aliphatic heterocycles. The molecule has 2 heterocycles. The van der Waals surface area contributed by atoms with Gasteiger partial charge in [-0.15, -0.1) is 11.3 Å². The Hall–Kier alpha value is 0.100. The van der Waals surface area contributed by atoms with Crippen molar-refractivity contribution in [1.82, 2.24) is 10.2 Å². The summed E-state index contributed by atoms with van der Waals surface area (Å²) < 4.78 is 1.26. The molecule has 1 aromatic heterocycles. The van der Waals surface area contributed by atoms with Crippen molar-refractivity contribution in [2.24, 2.45) is 0 Å². The maximum atomic E-state index is 3.67. The molecule has 1 unspecified atom stereocenters. The van der Waals surface area contributed by atoms with Gasteiger partial charge < -0.3 is 5.32 Å². The summed E-state index contributed by atoms with van der Waals surface area (Å²) in [6, 6.07) is 2.83. The molecule has 0 saturated carbocycles. The fourth-order valence-corrected chi connectivity index (χ4v) is 4.14. The zero-order valence-electron chi connectivity index (χ0n) is 11.5. The van der Waals surface area contributed by atoms with Crippen LogP contribution in [0.4, 0.5) is 0 Å². The summed E-state index contributed by atoms with van der Waals surface area (Å²) in [4.78, 5) is 4.10. The van der Waals surface area contributed by atoms with Crippen molar-refractivity contribution >= 4 is 27.3 Å². The molecule has 4 heteroatoms. The number of rotatable bonds is 4. The van der Waals surface area contributed by atoms with Gasteiger partial charge in [0.05, 0.1) is 0 Å². The number of thiophene rings is 1. The second kappa shape index (κ2) is 6.04. The van der Waals surface area contributed by atoms with E-state index < -0.39 is 0 Å². The summed E-state index contributed by atoms with van der Waals surface area (Å²) >= 11 is 5.50. The Morgan fingerprint density at radius 1 is 1.56 bits per heavy atom. The first-order valence-corrected chi connectivity index (χ1v) is 8.40. The molecule has 1 atom stereocenters. The Kier molecular flexibility index (Phi) is 4.86. The summed E-state index contributed by atoms with van der Waals surface area (Å²) in [5.41, 5.74) is 0.230. The Balaban J connectivity index is 2.07. The van der Waals surface area contributed by atoms with Crippen LogP contribution in [-0.4, -0.2) is 29.6 Å². The van der Waals surface area contributed by atoms with Crippen LogP contribution in [0, 0.1) is 0 Å². The average molecular weight is 331 g/mol. The molecule has 1 aliphatic rings. The van der Waals surface area contributed by atoms with Gasteiger partial charge in [-0.25, -0.2) is 0 Å². The molecular formula is C14H23BrN2S. The highest BCUT2D eigenvalue weighted by atomic mass is 79.9. The first-order valence-electron chi connectivity index (χ1n) is 6.73. The van der Waals surface area contributed by atoms with Crippen LogP contribution in [0.15, 0.2) is 15.9 Å². The van der Waals surface area contributed by atoms with Gasteiger partial charge >= 0.3 is 0 Å². The standard InChI is InChI=1S/C14H23BrN2S/c1-4-5-11-8-16-14(2,3)10-17(11)9-13-12(15)6-7-18-13/h6-7,11,16H,4-5,8-10H2,1-3H3. The lowest BCUT2D eigenvalue weighted by molar-refractivity contribution is 0.0834. The first kappa shape index (κ1) is 14.5. The molecule has 2 nitrogen and oxygen atoms in total. The molecule has 0 aromatic carbocycles. The van der Waals surface area contributed by atoms with E-state index in [1.54, 1.807) is 0 Å². The molecule has 102 valence electrons. The molecular weight excluding hydrogens is 308 g/mol. The minimum Gasteiger partial charge on any atom is -0.309 e. The van der Waals surface area contributed by atoms with Crippen LogP contribution in [0.5, 0.6) is 0 Å². The number of nitrogens with zero attached hydrogens (tertiary/aromatic N) is 1. The van der Waals surface area contributed by atoms with Crippen molar-refractivity contribution in [1.29, 1.82) is 0 Å². The van der Waals surface area contributed by atoms with Crippen LogP contribution in [0.2, 0.25) is 0 Å². The molecule has 1 fully saturated rings. The average Bonchev–Trinajstić information content (AvgIpc) is 2.68. The summed E-state index contributed by atoms with van der Waals surface area (Å²) in [7, 11) is 0. The van der Waals surface area contributed by atoms with Crippen molar-refractivity contribution in [2.75, 3.05) is 13.1 Å². The topological polar surface area (TPSA) is 15.3 Å². The summed E-state index contributed by atoms with van der Waals surface area (Å²) in [6.07, 6.45) is 2.54. The third kappa shape index (κ3) is 3.56. The molecule has 18 heavy (non-hydrogen) atoms. The van der Waals surface area contributed by atoms with E-state index in [2.05, 4.69) is 58.4 Å². The van der Waals surface area contributed by atoms with Crippen molar-refractivity contribution in [3.05, 3.63) is 20.8 Å². The van der Waals surface area contributed by atoms with Gasteiger partial charge in [0.25, 0.3) is 0 Å². The summed E-state index contributed by atoms with van der Waals surface area (Å²) in [6.45, 7) is 10.2. The molecule has 1 aromatic rings. The lowest BCUT2D eigenvalue weighted by Gasteiger charge is -2.44. The van der Waals surface area contributed by atoms with E-state index in [-0.39, 0.29) is 5.54 Å². The highest BCUT2D eigenvalue weighted by Crippen LogP contribution is 2.27. The smallest absolute Gasteiger partial charge is 0.0343 e. The van der Waals surface area contributed by atoms with Gasteiger partial charge in [0.2, 0.25) is 0 Å². The quantitative estimate of drug-likeness (QED) is 0.901. The van der Waals surface area contributed by atoms with Gasteiger partial charge in [-0.05, 0) is 47.6 Å². The minimum atomic E-state index is 0.230. The number of piperazine rings is 1. The fraction of sp³-hybridized carbons (Fsp3) is 0.714. The molecule has 0 radical (unpaired) electrons. The van der Waals surface area contributed by atoms with Crippen molar-refractivity contribution in [3.63, 3.8) is 0 Å². The third-order valence-corrected chi connectivity index (χ3v) is 5.50. The second-order valence-electron chi connectivity index (χ2n) is 5.80. The largest absolute Gasteiger partial charge is 0.309 e. The molecule has 0 amide bonds. The fourth-order valence-electron chi connectivity index (χ4n) is 2.64. The molecule has 1 N–H and O–H groups in total. The Labute approximate surface area is 123 Å². The Morgan fingerprint density at radius 3 is 2.94 bits per heavy atom. The maximum absolute atomic E-state index is 3.67. The van der Waals surface area contributed by atoms with Crippen LogP contribution in [0.3, 0.4) is 0 Å². The minimum absolute atomic E-state index is 0.230. The summed E-state index contributed by atoms with van der Waals surface area (Å²) in [5.74, 6) is 0. The molecule has 0 aliphatic carbocycles. The Bertz CT molecular complexity index is 389. The van der Waals surface area contributed by atoms with Crippen LogP contribution in [-0.2, 0) is 6.54 Å². The van der Waals surface area contributed by atoms with Gasteiger partial charge in [-0.3, -0.25) is 4.90 Å². The monoisotopic (exact) mass is 330 g/mol. The molecule has 1 saturated heterocycles. The summed E-state index contributed by atoms with van der Waals surface area (Å²) in [5, 5.41) is 5.84. The molecule has 0 spiro atoms. The van der Waals surface area contributed by atoms with Crippen LogP contribution >= 0.6 is 27.3 Å².